The summed E-state index contributed by atoms with van der Waals surface area (Å²) in [7, 11) is 0. The molecule has 0 bridgehead atoms. The SMILES string of the molecule is CC(=O)N(CCNC(=O)C(C)(C)C)c1cccc(Cl)c1Cl. The van der Waals surface area contributed by atoms with E-state index in [9.17, 15) is 9.59 Å². The molecule has 116 valence electrons. The fraction of sp³-hybridized carbons (Fsp3) is 0.467. The van der Waals surface area contributed by atoms with Crippen molar-refractivity contribution in [3.8, 4) is 0 Å². The Bertz CT molecular complexity index is 539. The number of nitrogens with zero attached hydrogens (tertiary/aromatic N) is 1. The van der Waals surface area contributed by atoms with E-state index >= 15 is 0 Å². The maximum Gasteiger partial charge on any atom is 0.225 e. The van der Waals surface area contributed by atoms with Crippen molar-refractivity contribution in [2.45, 2.75) is 27.7 Å². The van der Waals surface area contributed by atoms with Crippen LogP contribution in [0.15, 0.2) is 18.2 Å². The molecule has 1 N–H and O–H groups in total. The number of benzene rings is 1. The van der Waals surface area contributed by atoms with Gasteiger partial charge in [-0.15, -0.1) is 0 Å². The second-order valence-electron chi connectivity index (χ2n) is 5.75. The summed E-state index contributed by atoms with van der Waals surface area (Å²) in [5.74, 6) is -0.229. The van der Waals surface area contributed by atoms with E-state index in [0.717, 1.165) is 0 Å². The summed E-state index contributed by atoms with van der Waals surface area (Å²) in [6, 6.07) is 5.11. The molecule has 21 heavy (non-hydrogen) atoms. The van der Waals surface area contributed by atoms with Crippen LogP contribution in [0.25, 0.3) is 0 Å². The zero-order chi connectivity index (χ0) is 16.2. The number of hydrogen-bond donors (Lipinski definition) is 1. The smallest absolute Gasteiger partial charge is 0.225 e. The minimum Gasteiger partial charge on any atom is -0.354 e. The predicted octanol–water partition coefficient (Wildman–Crippen LogP) is 3.51. The molecule has 2 amide bonds. The van der Waals surface area contributed by atoms with Crippen LogP contribution in [0.5, 0.6) is 0 Å². The monoisotopic (exact) mass is 330 g/mol. The van der Waals surface area contributed by atoms with Gasteiger partial charge in [0.15, 0.2) is 0 Å². The molecule has 0 aliphatic rings. The lowest BCUT2D eigenvalue weighted by molar-refractivity contribution is -0.128. The minimum absolute atomic E-state index is 0.0665. The van der Waals surface area contributed by atoms with E-state index in [1.807, 2.05) is 20.8 Å². The Balaban J connectivity index is 2.79. The van der Waals surface area contributed by atoms with Crippen molar-refractivity contribution in [1.82, 2.24) is 5.32 Å². The first-order valence-electron chi connectivity index (χ1n) is 6.65. The molecular formula is C15H20Cl2N2O2. The van der Waals surface area contributed by atoms with Crippen LogP contribution in [-0.2, 0) is 9.59 Å². The lowest BCUT2D eigenvalue weighted by Gasteiger charge is -2.24. The largest absolute Gasteiger partial charge is 0.354 e. The molecule has 1 aromatic carbocycles. The van der Waals surface area contributed by atoms with Gasteiger partial charge in [0.25, 0.3) is 0 Å². The van der Waals surface area contributed by atoms with E-state index in [0.29, 0.717) is 28.8 Å². The highest BCUT2D eigenvalue weighted by Gasteiger charge is 2.21. The molecular weight excluding hydrogens is 311 g/mol. The molecule has 0 fully saturated rings. The maximum atomic E-state index is 11.8. The van der Waals surface area contributed by atoms with Gasteiger partial charge in [0.1, 0.15) is 0 Å². The molecule has 6 heteroatoms. The van der Waals surface area contributed by atoms with Crippen molar-refractivity contribution in [3.05, 3.63) is 28.2 Å². The van der Waals surface area contributed by atoms with Gasteiger partial charge in [-0.05, 0) is 12.1 Å². The van der Waals surface area contributed by atoms with Crippen molar-refractivity contribution >= 4 is 40.7 Å². The fourth-order valence-corrected chi connectivity index (χ4v) is 2.09. The Hall–Kier alpha value is -1.26. The average Bonchev–Trinajstić information content (AvgIpc) is 2.37. The van der Waals surface area contributed by atoms with Crippen LogP contribution in [0.1, 0.15) is 27.7 Å². The van der Waals surface area contributed by atoms with E-state index < -0.39 is 5.41 Å². The lowest BCUT2D eigenvalue weighted by Crippen LogP contribution is -2.41. The molecule has 0 atom stereocenters. The van der Waals surface area contributed by atoms with Crippen LogP contribution in [0.2, 0.25) is 10.0 Å². The Morgan fingerprint density at radius 1 is 1.24 bits per heavy atom. The third-order valence-corrected chi connectivity index (χ3v) is 3.71. The molecule has 0 aliphatic heterocycles. The van der Waals surface area contributed by atoms with E-state index in [4.69, 9.17) is 23.2 Å². The number of hydrogen-bond acceptors (Lipinski definition) is 2. The van der Waals surface area contributed by atoms with Gasteiger partial charge >= 0.3 is 0 Å². The van der Waals surface area contributed by atoms with Gasteiger partial charge in [-0.3, -0.25) is 9.59 Å². The minimum atomic E-state index is -0.464. The highest BCUT2D eigenvalue weighted by molar-refractivity contribution is 6.44. The predicted molar refractivity (Wildman–Crippen MR) is 87.0 cm³/mol. The van der Waals surface area contributed by atoms with Gasteiger partial charge in [0.2, 0.25) is 11.8 Å². The first-order valence-corrected chi connectivity index (χ1v) is 7.40. The average molecular weight is 331 g/mol. The molecule has 0 aromatic heterocycles. The van der Waals surface area contributed by atoms with Crippen LogP contribution in [-0.4, -0.2) is 24.9 Å². The first kappa shape index (κ1) is 17.8. The Kier molecular flexibility index (Phi) is 6.05. The van der Waals surface area contributed by atoms with Crippen molar-refractivity contribution in [2.24, 2.45) is 5.41 Å². The number of anilines is 1. The summed E-state index contributed by atoms with van der Waals surface area (Å²) in [6.07, 6.45) is 0. The maximum absolute atomic E-state index is 11.8. The molecule has 1 rings (SSSR count). The first-order chi connectivity index (χ1) is 9.64. The third kappa shape index (κ3) is 4.90. The van der Waals surface area contributed by atoms with Gasteiger partial charge in [-0.1, -0.05) is 50.0 Å². The third-order valence-electron chi connectivity index (χ3n) is 2.90. The zero-order valence-corrected chi connectivity index (χ0v) is 14.2. The van der Waals surface area contributed by atoms with Crippen LogP contribution in [0.3, 0.4) is 0 Å². The topological polar surface area (TPSA) is 49.4 Å². The normalized spacial score (nSPS) is 11.1. The van der Waals surface area contributed by atoms with Crippen molar-refractivity contribution in [3.63, 3.8) is 0 Å². The highest BCUT2D eigenvalue weighted by atomic mass is 35.5. The van der Waals surface area contributed by atoms with Crippen LogP contribution in [0, 0.1) is 5.41 Å². The number of halogens is 2. The van der Waals surface area contributed by atoms with Crippen molar-refractivity contribution in [1.29, 1.82) is 0 Å². The van der Waals surface area contributed by atoms with Gasteiger partial charge < -0.3 is 10.2 Å². The summed E-state index contributed by atoms with van der Waals surface area (Å²) in [5.41, 5.74) is 0.0797. The van der Waals surface area contributed by atoms with Gasteiger partial charge in [-0.25, -0.2) is 0 Å². The number of nitrogens with one attached hydrogen (secondary N) is 1. The highest BCUT2D eigenvalue weighted by Crippen LogP contribution is 2.32. The molecule has 0 spiro atoms. The number of amides is 2. The molecule has 0 heterocycles. The Morgan fingerprint density at radius 3 is 2.38 bits per heavy atom. The number of rotatable bonds is 4. The molecule has 0 aliphatic carbocycles. The van der Waals surface area contributed by atoms with Crippen molar-refractivity contribution in [2.75, 3.05) is 18.0 Å². The van der Waals surface area contributed by atoms with Crippen LogP contribution < -0.4 is 10.2 Å². The molecule has 0 saturated carbocycles. The summed E-state index contributed by atoms with van der Waals surface area (Å²) in [4.78, 5) is 25.1. The van der Waals surface area contributed by atoms with E-state index in [1.54, 1.807) is 18.2 Å². The Morgan fingerprint density at radius 2 is 1.86 bits per heavy atom. The van der Waals surface area contributed by atoms with Crippen LogP contribution in [0.4, 0.5) is 5.69 Å². The molecule has 1 aromatic rings. The fourth-order valence-electron chi connectivity index (χ4n) is 1.69. The summed E-state index contributed by atoms with van der Waals surface area (Å²) < 4.78 is 0. The second kappa shape index (κ2) is 7.14. The molecule has 0 unspecified atom stereocenters. The van der Waals surface area contributed by atoms with Crippen molar-refractivity contribution < 1.29 is 9.59 Å². The van der Waals surface area contributed by atoms with E-state index in [1.165, 1.54) is 11.8 Å². The summed E-state index contributed by atoms with van der Waals surface area (Å²) in [6.45, 7) is 7.62. The summed E-state index contributed by atoms with van der Waals surface area (Å²) in [5, 5.41) is 3.52. The van der Waals surface area contributed by atoms with Crippen LogP contribution >= 0.6 is 23.2 Å². The standard InChI is InChI=1S/C15H20Cl2N2O2/c1-10(20)19(9-8-18-14(21)15(2,3)4)12-7-5-6-11(16)13(12)17/h5-7H,8-9H2,1-4H3,(H,18,21). The molecule has 0 radical (unpaired) electrons. The second-order valence-corrected chi connectivity index (χ2v) is 6.53. The van der Waals surface area contributed by atoms with E-state index in [2.05, 4.69) is 5.32 Å². The van der Waals surface area contributed by atoms with E-state index in [-0.39, 0.29) is 11.8 Å². The Labute approximate surface area is 135 Å². The zero-order valence-electron chi connectivity index (χ0n) is 12.7. The van der Waals surface area contributed by atoms with Gasteiger partial charge in [0.05, 0.1) is 15.7 Å². The number of carbonyl (C=O) groups is 2. The quantitative estimate of drug-likeness (QED) is 0.918. The molecule has 0 saturated heterocycles. The lowest BCUT2D eigenvalue weighted by atomic mass is 9.96. The molecule has 4 nitrogen and oxygen atoms in total. The summed E-state index contributed by atoms with van der Waals surface area (Å²) >= 11 is 12.1. The number of carbonyl (C=O) groups excluding carboxylic acids is 2. The van der Waals surface area contributed by atoms with Gasteiger partial charge in [-0.2, -0.15) is 0 Å². The van der Waals surface area contributed by atoms with Gasteiger partial charge in [0, 0.05) is 25.4 Å².